The third kappa shape index (κ3) is 5.56. The first kappa shape index (κ1) is 29.4. The molecular weight excluding hydrogens is 502 g/mol. The Kier molecular flexibility index (Phi) is 8.44. The highest BCUT2D eigenvalue weighted by molar-refractivity contribution is 5.15. The second-order valence-corrected chi connectivity index (χ2v) is 15.8. The smallest absolute Gasteiger partial charge is 0.0796 e. The molecule has 1 aromatic heterocycles. The molecule has 226 valence electrons. The molecule has 2 heterocycles. The van der Waals surface area contributed by atoms with Gasteiger partial charge in [0.05, 0.1) is 24.4 Å². The van der Waals surface area contributed by atoms with Crippen LogP contribution in [-0.4, -0.2) is 27.2 Å². The van der Waals surface area contributed by atoms with E-state index in [1.807, 2.05) is 36.0 Å². The molecule has 2 unspecified atom stereocenters. The quantitative estimate of drug-likeness (QED) is 0.367. The second-order valence-electron chi connectivity index (χ2n) is 15.8. The van der Waals surface area contributed by atoms with Gasteiger partial charge in [0, 0.05) is 6.20 Å². The first-order chi connectivity index (χ1) is 19.7. The van der Waals surface area contributed by atoms with E-state index in [9.17, 15) is 0 Å². The summed E-state index contributed by atoms with van der Waals surface area (Å²) >= 11 is 0. The molecule has 4 nitrogen and oxygen atoms in total. The van der Waals surface area contributed by atoms with Gasteiger partial charge in [-0.25, -0.2) is 4.68 Å². The minimum Gasteiger partial charge on any atom is -0.374 e. The molecule has 1 aliphatic heterocycles. The van der Waals surface area contributed by atoms with Crippen LogP contribution >= 0.6 is 0 Å². The number of hydrogen-bond donors (Lipinski definition) is 0. The molecule has 4 heteroatoms. The number of hydrogen-bond acceptors (Lipinski definition) is 3. The van der Waals surface area contributed by atoms with Crippen molar-refractivity contribution in [2.45, 2.75) is 131 Å². The van der Waals surface area contributed by atoms with Crippen molar-refractivity contribution in [2.75, 3.05) is 0 Å². The van der Waals surface area contributed by atoms with Gasteiger partial charge in [-0.3, -0.25) is 0 Å². The van der Waals surface area contributed by atoms with Gasteiger partial charge in [0.1, 0.15) is 0 Å². The third-order valence-corrected chi connectivity index (χ3v) is 13.0. The minimum absolute atomic E-state index is 0.541. The molecule has 0 N–H and O–H groups in total. The highest BCUT2D eigenvalue weighted by Gasteiger charge is 2.65. The Labute approximate surface area is 250 Å². The summed E-state index contributed by atoms with van der Waals surface area (Å²) < 4.78 is 8.65. The average Bonchev–Trinajstić information content (AvgIpc) is 3.60. The molecule has 5 aliphatic rings. The Morgan fingerprint density at radius 1 is 0.976 bits per heavy atom. The van der Waals surface area contributed by atoms with Crippen LogP contribution in [-0.2, 0) is 11.3 Å². The lowest BCUT2D eigenvalue weighted by molar-refractivity contribution is -0.115. The van der Waals surface area contributed by atoms with Crippen LogP contribution in [0.2, 0.25) is 0 Å². The second kappa shape index (κ2) is 11.8. The molecular formula is C37H57N3O. The molecule has 5 fully saturated rings. The van der Waals surface area contributed by atoms with Gasteiger partial charge in [0.15, 0.2) is 0 Å². The first-order valence-corrected chi connectivity index (χ1v) is 17.2. The summed E-state index contributed by atoms with van der Waals surface area (Å²) in [5, 5.41) is 7.90. The van der Waals surface area contributed by atoms with Crippen molar-refractivity contribution in [3.8, 4) is 0 Å². The number of rotatable bonds is 5. The fourth-order valence-corrected chi connectivity index (χ4v) is 11.1. The third-order valence-electron chi connectivity index (χ3n) is 13.0. The van der Waals surface area contributed by atoms with E-state index in [4.69, 9.17) is 4.74 Å². The van der Waals surface area contributed by atoms with Gasteiger partial charge in [0.2, 0.25) is 0 Å². The van der Waals surface area contributed by atoms with Crippen LogP contribution in [0.15, 0.2) is 36.5 Å². The van der Waals surface area contributed by atoms with Crippen molar-refractivity contribution in [2.24, 2.45) is 52.3 Å². The summed E-state index contributed by atoms with van der Waals surface area (Å²) in [7, 11) is 0. The number of benzene rings is 1. The summed E-state index contributed by atoms with van der Waals surface area (Å²) in [6.07, 6.45) is 19.2. The molecule has 7 rings (SSSR count). The zero-order valence-electron chi connectivity index (χ0n) is 26.9. The summed E-state index contributed by atoms with van der Waals surface area (Å²) in [6, 6.07) is 10.2. The Morgan fingerprint density at radius 2 is 1.78 bits per heavy atom. The van der Waals surface area contributed by atoms with Crippen LogP contribution in [0.25, 0.3) is 0 Å². The Bertz CT molecular complexity index is 1140. The van der Waals surface area contributed by atoms with Crippen molar-refractivity contribution < 1.29 is 4.74 Å². The van der Waals surface area contributed by atoms with Gasteiger partial charge in [-0.2, -0.15) is 0 Å². The monoisotopic (exact) mass is 559 g/mol. The van der Waals surface area contributed by atoms with E-state index in [-0.39, 0.29) is 0 Å². The number of aryl methyl sites for hydroxylation is 1. The van der Waals surface area contributed by atoms with Gasteiger partial charge in [-0.15, -0.1) is 5.10 Å². The predicted octanol–water partition coefficient (Wildman–Crippen LogP) is 9.12. The van der Waals surface area contributed by atoms with Crippen LogP contribution in [0, 0.1) is 59.2 Å². The Balaban J connectivity index is 0.000000195. The van der Waals surface area contributed by atoms with E-state index in [1.165, 1.54) is 76.2 Å². The van der Waals surface area contributed by atoms with Crippen molar-refractivity contribution in [1.82, 2.24) is 15.0 Å². The number of ether oxygens (including phenoxy) is 1. The molecule has 0 spiro atoms. The molecule has 10 atom stereocenters. The summed E-state index contributed by atoms with van der Waals surface area (Å²) in [5.41, 5.74) is 3.44. The number of nitrogens with zero attached hydrogens (tertiary/aromatic N) is 3. The van der Waals surface area contributed by atoms with Crippen molar-refractivity contribution in [3.05, 3.63) is 47.8 Å². The highest BCUT2D eigenvalue weighted by atomic mass is 16.5. The summed E-state index contributed by atoms with van der Waals surface area (Å²) in [4.78, 5) is 0. The number of aromatic nitrogens is 3. The molecule has 0 radical (unpaired) electrons. The maximum atomic E-state index is 6.82. The van der Waals surface area contributed by atoms with E-state index in [0.29, 0.717) is 23.0 Å². The van der Waals surface area contributed by atoms with Crippen molar-refractivity contribution >= 4 is 0 Å². The lowest BCUT2D eigenvalue weighted by Crippen LogP contribution is -2.53. The van der Waals surface area contributed by atoms with Crippen molar-refractivity contribution in [3.63, 3.8) is 0 Å². The molecule has 1 saturated heterocycles. The first-order valence-electron chi connectivity index (χ1n) is 17.2. The fourth-order valence-electron chi connectivity index (χ4n) is 11.1. The zero-order valence-corrected chi connectivity index (χ0v) is 26.9. The lowest BCUT2D eigenvalue weighted by atomic mass is 9.44. The molecule has 2 aromatic rings. The molecule has 0 bridgehead atoms. The van der Waals surface area contributed by atoms with E-state index < -0.39 is 0 Å². The van der Waals surface area contributed by atoms with E-state index >= 15 is 0 Å². The maximum Gasteiger partial charge on any atom is 0.0796 e. The van der Waals surface area contributed by atoms with Crippen LogP contribution in [0.1, 0.15) is 117 Å². The lowest BCUT2D eigenvalue weighted by Gasteiger charge is -2.60. The van der Waals surface area contributed by atoms with Gasteiger partial charge < -0.3 is 4.74 Å². The SMILES string of the molecule is CC(C)CCC1O[C@H]2C[C@H]3[C@@H]4CCC5CCCC[C@]5(C)[C@H]4CC[C@]3(C)[C@H]2[C@@H]1C.Cc1cn(Cc2ccccc2)nn1. The van der Waals surface area contributed by atoms with E-state index in [0.717, 1.165) is 53.7 Å². The van der Waals surface area contributed by atoms with Crippen LogP contribution in [0.4, 0.5) is 0 Å². The summed E-state index contributed by atoms with van der Waals surface area (Å²) in [6.45, 7) is 15.4. The average molecular weight is 560 g/mol. The predicted molar refractivity (Wildman–Crippen MR) is 167 cm³/mol. The molecule has 4 aliphatic carbocycles. The summed E-state index contributed by atoms with van der Waals surface area (Å²) in [5.74, 6) is 6.45. The largest absolute Gasteiger partial charge is 0.374 e. The zero-order chi connectivity index (χ0) is 28.8. The van der Waals surface area contributed by atoms with E-state index in [1.54, 1.807) is 0 Å². The van der Waals surface area contributed by atoms with Gasteiger partial charge in [-0.1, -0.05) is 83.0 Å². The number of fused-ring (bicyclic) bond motifs is 7. The normalized spacial score (nSPS) is 41.1. The molecule has 1 aromatic carbocycles. The molecule has 0 amide bonds. The standard InChI is InChI=1S/C27H46O.C10H11N3/c1-17(2)9-12-23-18(3)25-24(28-23)16-22-20-11-10-19-8-6-7-14-26(19,4)21(20)13-15-27(22,25)5;1-9-7-13(12-11-9)8-10-5-3-2-4-6-10/h17-25H,6-16H2,1-5H3;2-7H,8H2,1H3/t18-,19?,20-,21+,22+,23?,24+,25+,26+,27+;/m1./s1. The van der Waals surface area contributed by atoms with Crippen LogP contribution < -0.4 is 0 Å². The van der Waals surface area contributed by atoms with Crippen LogP contribution in [0.5, 0.6) is 0 Å². The van der Waals surface area contributed by atoms with Gasteiger partial charge >= 0.3 is 0 Å². The molecule has 4 saturated carbocycles. The van der Waals surface area contributed by atoms with Gasteiger partial charge in [0.25, 0.3) is 0 Å². The fraction of sp³-hybridized carbons (Fsp3) is 0.784. The van der Waals surface area contributed by atoms with Crippen LogP contribution in [0.3, 0.4) is 0 Å². The molecule has 41 heavy (non-hydrogen) atoms. The topological polar surface area (TPSA) is 39.9 Å². The Morgan fingerprint density at radius 3 is 2.51 bits per heavy atom. The Hall–Kier alpha value is -1.68. The highest BCUT2D eigenvalue weighted by Crippen LogP contribution is 2.70. The van der Waals surface area contributed by atoms with E-state index in [2.05, 4.69) is 57.1 Å². The maximum absolute atomic E-state index is 6.82. The van der Waals surface area contributed by atoms with Crippen molar-refractivity contribution in [1.29, 1.82) is 0 Å². The minimum atomic E-state index is 0.541. The van der Waals surface area contributed by atoms with Gasteiger partial charge in [-0.05, 0) is 123 Å².